The summed E-state index contributed by atoms with van der Waals surface area (Å²) in [4.78, 5) is 38.0. The number of nitrogens with one attached hydrogen (secondary N) is 2. The van der Waals surface area contributed by atoms with E-state index in [-0.39, 0.29) is 23.8 Å². The molecular formula is C17H21N5O2. The van der Waals surface area contributed by atoms with E-state index >= 15 is 0 Å². The van der Waals surface area contributed by atoms with Crippen LogP contribution in [0.25, 0.3) is 0 Å². The number of H-pyrrole nitrogens is 1. The molecule has 1 aliphatic heterocycles. The predicted molar refractivity (Wildman–Crippen MR) is 89.0 cm³/mol. The van der Waals surface area contributed by atoms with Crippen molar-refractivity contribution in [1.29, 1.82) is 0 Å². The Kier molecular flexibility index (Phi) is 4.59. The van der Waals surface area contributed by atoms with Crippen molar-refractivity contribution in [2.75, 3.05) is 11.9 Å². The molecule has 2 aromatic heterocycles. The van der Waals surface area contributed by atoms with Crippen molar-refractivity contribution in [3.8, 4) is 0 Å². The van der Waals surface area contributed by atoms with Gasteiger partial charge in [-0.1, -0.05) is 0 Å². The van der Waals surface area contributed by atoms with Gasteiger partial charge in [0.15, 0.2) is 0 Å². The summed E-state index contributed by atoms with van der Waals surface area (Å²) in [5.74, 6) is 0.0655. The average Bonchev–Trinajstić information content (AvgIpc) is 3.00. The molecule has 7 nitrogen and oxygen atoms in total. The molecule has 0 aromatic carbocycles. The number of carbonyl (C=O) groups excluding carboxylic acids is 2. The maximum atomic E-state index is 12.8. The van der Waals surface area contributed by atoms with E-state index in [0.29, 0.717) is 25.3 Å². The molecule has 24 heavy (non-hydrogen) atoms. The number of imidazole rings is 1. The summed E-state index contributed by atoms with van der Waals surface area (Å²) < 4.78 is 0. The van der Waals surface area contributed by atoms with Gasteiger partial charge in [0, 0.05) is 37.3 Å². The minimum Gasteiger partial charge on any atom is -0.335 e. The van der Waals surface area contributed by atoms with Crippen LogP contribution in [0.5, 0.6) is 0 Å². The van der Waals surface area contributed by atoms with Crippen molar-refractivity contribution in [2.24, 2.45) is 5.92 Å². The Morgan fingerprint density at radius 3 is 2.79 bits per heavy atom. The van der Waals surface area contributed by atoms with E-state index in [4.69, 9.17) is 0 Å². The summed E-state index contributed by atoms with van der Waals surface area (Å²) in [7, 11) is 0. The van der Waals surface area contributed by atoms with Gasteiger partial charge >= 0.3 is 0 Å². The van der Waals surface area contributed by atoms with E-state index in [2.05, 4.69) is 20.3 Å². The van der Waals surface area contributed by atoms with Gasteiger partial charge in [-0.25, -0.2) is 4.98 Å². The van der Waals surface area contributed by atoms with Crippen molar-refractivity contribution in [3.05, 3.63) is 42.0 Å². The van der Waals surface area contributed by atoms with Crippen molar-refractivity contribution < 1.29 is 9.59 Å². The standard InChI is InChI=1S/C17H21N5O2/c1-3-22-14(23)5-4-13(15(22)12-6-8-18-9-7-12)16(24)21-17-19-10-11(2)20-17/h6-10,13,15H,3-5H2,1-2H3,(H2,19,20,21,24)/t13-,15+/m0/s1. The predicted octanol–water partition coefficient (Wildman–Crippen LogP) is 2.05. The fourth-order valence-electron chi connectivity index (χ4n) is 3.26. The molecule has 2 N–H and O–H groups in total. The van der Waals surface area contributed by atoms with Gasteiger partial charge in [0.1, 0.15) is 0 Å². The fraction of sp³-hybridized carbons (Fsp3) is 0.412. The Bertz CT molecular complexity index is 728. The summed E-state index contributed by atoms with van der Waals surface area (Å²) in [6, 6.07) is 3.45. The molecule has 1 fully saturated rings. The molecule has 126 valence electrons. The fourth-order valence-corrected chi connectivity index (χ4v) is 3.26. The molecule has 0 spiro atoms. The summed E-state index contributed by atoms with van der Waals surface area (Å²) in [6.07, 6.45) is 5.94. The molecule has 0 unspecified atom stereocenters. The van der Waals surface area contributed by atoms with E-state index in [0.717, 1.165) is 11.3 Å². The number of aromatic nitrogens is 3. The molecule has 0 aliphatic carbocycles. The lowest BCUT2D eigenvalue weighted by Crippen LogP contribution is -2.46. The minimum absolute atomic E-state index is 0.0807. The second-order valence-corrected chi connectivity index (χ2v) is 5.95. The van der Waals surface area contributed by atoms with E-state index in [1.54, 1.807) is 23.5 Å². The van der Waals surface area contributed by atoms with Crippen LogP contribution < -0.4 is 5.32 Å². The monoisotopic (exact) mass is 327 g/mol. The van der Waals surface area contributed by atoms with Gasteiger partial charge in [0.05, 0.1) is 12.0 Å². The molecule has 0 bridgehead atoms. The first-order valence-corrected chi connectivity index (χ1v) is 8.12. The largest absolute Gasteiger partial charge is 0.335 e. The molecule has 2 atom stereocenters. The summed E-state index contributed by atoms with van der Waals surface area (Å²) in [5.41, 5.74) is 1.81. The Balaban J connectivity index is 1.88. The average molecular weight is 327 g/mol. The lowest BCUT2D eigenvalue weighted by Gasteiger charge is -2.40. The normalized spacial score (nSPS) is 20.9. The highest BCUT2D eigenvalue weighted by atomic mass is 16.2. The molecule has 2 aromatic rings. The van der Waals surface area contributed by atoms with E-state index in [9.17, 15) is 9.59 Å². The van der Waals surface area contributed by atoms with E-state index in [1.165, 1.54) is 0 Å². The van der Waals surface area contributed by atoms with Crippen molar-refractivity contribution in [3.63, 3.8) is 0 Å². The number of nitrogens with zero attached hydrogens (tertiary/aromatic N) is 3. The quantitative estimate of drug-likeness (QED) is 0.899. The summed E-state index contributed by atoms with van der Waals surface area (Å²) in [5, 5.41) is 2.83. The SMILES string of the molecule is CCN1C(=O)CC[C@H](C(=O)Nc2ncc(C)[nH]2)[C@H]1c1ccncc1. The number of aromatic amines is 1. The number of aryl methyl sites for hydroxylation is 1. The number of anilines is 1. The van der Waals surface area contributed by atoms with Crippen molar-refractivity contribution in [2.45, 2.75) is 32.7 Å². The zero-order valence-corrected chi connectivity index (χ0v) is 13.8. The number of hydrogen-bond acceptors (Lipinski definition) is 4. The van der Waals surface area contributed by atoms with Crippen LogP contribution in [0, 0.1) is 12.8 Å². The van der Waals surface area contributed by atoms with E-state index in [1.807, 2.05) is 26.0 Å². The van der Waals surface area contributed by atoms with Crippen LogP contribution in [0.3, 0.4) is 0 Å². The van der Waals surface area contributed by atoms with Crippen LogP contribution in [-0.4, -0.2) is 38.2 Å². The third-order valence-corrected chi connectivity index (χ3v) is 4.38. The number of amides is 2. The third kappa shape index (κ3) is 3.15. The number of pyridine rings is 1. The summed E-state index contributed by atoms with van der Waals surface area (Å²) in [6.45, 7) is 4.37. The molecule has 2 amide bonds. The number of carbonyl (C=O) groups is 2. The van der Waals surface area contributed by atoms with Crippen LogP contribution in [0.1, 0.15) is 37.1 Å². The zero-order chi connectivity index (χ0) is 17.1. The third-order valence-electron chi connectivity index (χ3n) is 4.38. The van der Waals surface area contributed by atoms with Gasteiger partial charge in [-0.15, -0.1) is 0 Å². The maximum absolute atomic E-state index is 12.8. The second kappa shape index (κ2) is 6.82. The molecule has 1 saturated heterocycles. The van der Waals surface area contributed by atoms with Gasteiger partial charge in [0.2, 0.25) is 17.8 Å². The smallest absolute Gasteiger partial charge is 0.232 e. The number of hydrogen-bond donors (Lipinski definition) is 2. The number of likely N-dealkylation sites (tertiary alicyclic amines) is 1. The maximum Gasteiger partial charge on any atom is 0.232 e. The zero-order valence-electron chi connectivity index (χ0n) is 13.8. The van der Waals surface area contributed by atoms with Crippen LogP contribution in [0.4, 0.5) is 5.95 Å². The van der Waals surface area contributed by atoms with Crippen LogP contribution in [0.2, 0.25) is 0 Å². The van der Waals surface area contributed by atoms with Crippen molar-refractivity contribution >= 4 is 17.8 Å². The number of rotatable bonds is 4. The minimum atomic E-state index is -0.324. The Morgan fingerprint density at radius 2 is 2.17 bits per heavy atom. The van der Waals surface area contributed by atoms with Gasteiger partial charge in [-0.2, -0.15) is 0 Å². The van der Waals surface area contributed by atoms with E-state index < -0.39 is 0 Å². The van der Waals surface area contributed by atoms with Gasteiger partial charge in [0.25, 0.3) is 0 Å². The van der Waals surface area contributed by atoms with Crippen LogP contribution in [0.15, 0.2) is 30.7 Å². The topological polar surface area (TPSA) is 91.0 Å². The molecule has 3 rings (SSSR count). The second-order valence-electron chi connectivity index (χ2n) is 5.95. The first kappa shape index (κ1) is 16.2. The molecule has 7 heteroatoms. The Labute approximate surface area is 140 Å². The lowest BCUT2D eigenvalue weighted by atomic mass is 9.84. The first-order chi connectivity index (χ1) is 11.6. The van der Waals surface area contributed by atoms with Gasteiger partial charge in [-0.05, 0) is 38.0 Å². The first-order valence-electron chi connectivity index (χ1n) is 8.12. The molecule has 0 radical (unpaired) electrons. The molecule has 0 saturated carbocycles. The molecule has 3 heterocycles. The highest BCUT2D eigenvalue weighted by Gasteiger charge is 2.40. The lowest BCUT2D eigenvalue weighted by molar-refractivity contribution is -0.141. The highest BCUT2D eigenvalue weighted by molar-refractivity contribution is 5.93. The highest BCUT2D eigenvalue weighted by Crippen LogP contribution is 2.36. The summed E-state index contributed by atoms with van der Waals surface area (Å²) >= 11 is 0. The number of piperidine rings is 1. The molecule has 1 aliphatic rings. The van der Waals surface area contributed by atoms with Crippen LogP contribution in [-0.2, 0) is 9.59 Å². The van der Waals surface area contributed by atoms with Crippen LogP contribution >= 0.6 is 0 Å². The molecular weight excluding hydrogens is 306 g/mol. The Hall–Kier alpha value is -2.70. The van der Waals surface area contributed by atoms with Gasteiger partial charge in [-0.3, -0.25) is 19.9 Å². The van der Waals surface area contributed by atoms with Crippen molar-refractivity contribution in [1.82, 2.24) is 19.9 Å². The van der Waals surface area contributed by atoms with Gasteiger partial charge < -0.3 is 9.88 Å². The Morgan fingerprint density at radius 1 is 1.42 bits per heavy atom.